The summed E-state index contributed by atoms with van der Waals surface area (Å²) in [7, 11) is 1.38. The largest absolute Gasteiger partial charge is 0.504 e. The maximum Gasteiger partial charge on any atom is 0.227 e. The first-order chi connectivity index (χ1) is 12.1. The van der Waals surface area contributed by atoms with Crippen molar-refractivity contribution in [1.29, 1.82) is 0 Å². The van der Waals surface area contributed by atoms with Crippen LogP contribution in [0.3, 0.4) is 0 Å². The first-order valence-electron chi connectivity index (χ1n) is 9.60. The van der Waals surface area contributed by atoms with E-state index in [0.29, 0.717) is 18.3 Å². The van der Waals surface area contributed by atoms with Crippen molar-refractivity contribution in [2.45, 2.75) is 59.3 Å². The molecule has 4 nitrogen and oxygen atoms in total. The van der Waals surface area contributed by atoms with E-state index in [-0.39, 0.29) is 27.9 Å². The zero-order chi connectivity index (χ0) is 19.3. The van der Waals surface area contributed by atoms with Crippen LogP contribution in [0.4, 0.5) is 0 Å². The fourth-order valence-electron chi connectivity index (χ4n) is 5.62. The van der Waals surface area contributed by atoms with Crippen molar-refractivity contribution < 1.29 is 19.4 Å². The Morgan fingerprint density at radius 3 is 2.65 bits per heavy atom. The molecule has 0 bridgehead atoms. The van der Waals surface area contributed by atoms with Crippen LogP contribution in [0, 0.1) is 22.7 Å². The third-order valence-corrected chi connectivity index (χ3v) is 7.62. The molecule has 3 aliphatic carbocycles. The maximum absolute atomic E-state index is 12.8. The van der Waals surface area contributed by atoms with Crippen molar-refractivity contribution >= 4 is 11.6 Å². The van der Waals surface area contributed by atoms with Crippen LogP contribution >= 0.6 is 0 Å². The Morgan fingerprint density at radius 1 is 1.31 bits per heavy atom. The molecule has 3 rings (SSSR count). The lowest BCUT2D eigenvalue weighted by molar-refractivity contribution is -0.120. The third kappa shape index (κ3) is 2.65. The Labute approximate surface area is 156 Å². The number of hydrogen-bond acceptors (Lipinski definition) is 4. The van der Waals surface area contributed by atoms with Crippen molar-refractivity contribution in [2.75, 3.05) is 7.11 Å². The van der Waals surface area contributed by atoms with Crippen LogP contribution < -0.4 is 0 Å². The van der Waals surface area contributed by atoms with E-state index in [1.54, 1.807) is 0 Å². The molecule has 0 aromatic rings. The lowest BCUT2D eigenvalue weighted by Gasteiger charge is -2.59. The molecule has 1 N–H and O–H groups in total. The molecule has 0 amide bonds. The second-order valence-electron chi connectivity index (χ2n) is 8.82. The summed E-state index contributed by atoms with van der Waals surface area (Å²) in [5, 5.41) is 10.4. The molecule has 0 spiro atoms. The standard InChI is InChI=1S/C22H30O4/c1-13-7-6-8-18-21(13,3)10-9-14(2)22(18,4)12-15-19(24)16(23)11-17(26-5)20(15)25/h11,14,18,24H,1,6-10,12H2,2-5H3/t14-,18?,21+,22-/m1/s1. The fourth-order valence-corrected chi connectivity index (χ4v) is 5.62. The van der Waals surface area contributed by atoms with Crippen molar-refractivity contribution in [3.05, 3.63) is 35.3 Å². The number of aliphatic hydroxyl groups excluding tert-OH is 1. The molecule has 2 fully saturated rings. The molecule has 26 heavy (non-hydrogen) atoms. The molecule has 4 atom stereocenters. The average Bonchev–Trinajstić information content (AvgIpc) is 2.61. The molecule has 3 aliphatic rings. The Bertz CT molecular complexity index is 728. The average molecular weight is 358 g/mol. The van der Waals surface area contributed by atoms with Gasteiger partial charge in [0, 0.05) is 11.6 Å². The summed E-state index contributed by atoms with van der Waals surface area (Å²) in [5.41, 5.74) is 1.42. The highest BCUT2D eigenvalue weighted by Crippen LogP contribution is 2.63. The number of ether oxygens (including phenoxy) is 1. The van der Waals surface area contributed by atoms with Crippen LogP contribution in [0.5, 0.6) is 0 Å². The quantitative estimate of drug-likeness (QED) is 0.588. The van der Waals surface area contributed by atoms with Gasteiger partial charge in [0.05, 0.1) is 7.11 Å². The van der Waals surface area contributed by atoms with Crippen LogP contribution in [0.2, 0.25) is 0 Å². The SMILES string of the molecule is C=C1CCCC2[C@@]1(C)CC[C@@H](C)[C@@]2(C)CC1=C(O)C(=O)C=C(OC)C1=O. The van der Waals surface area contributed by atoms with Gasteiger partial charge in [0.1, 0.15) is 0 Å². The van der Waals surface area contributed by atoms with Crippen LogP contribution in [-0.2, 0) is 14.3 Å². The molecule has 0 aliphatic heterocycles. The Hall–Kier alpha value is -1.84. The normalized spacial score (nSPS) is 38.2. The Kier molecular flexibility index (Phi) is 4.66. The Balaban J connectivity index is 2.01. The molecule has 0 aromatic heterocycles. The van der Waals surface area contributed by atoms with E-state index in [4.69, 9.17) is 4.74 Å². The van der Waals surface area contributed by atoms with E-state index in [9.17, 15) is 14.7 Å². The van der Waals surface area contributed by atoms with Crippen LogP contribution in [0.15, 0.2) is 35.3 Å². The minimum absolute atomic E-state index is 0.0191. The zero-order valence-electron chi connectivity index (χ0n) is 16.4. The summed E-state index contributed by atoms with van der Waals surface area (Å²) in [6, 6.07) is 0. The fraction of sp³-hybridized carbons (Fsp3) is 0.636. The summed E-state index contributed by atoms with van der Waals surface area (Å²) in [6.45, 7) is 11.1. The lowest BCUT2D eigenvalue weighted by atomic mass is 9.46. The minimum Gasteiger partial charge on any atom is -0.504 e. The molecule has 2 saturated carbocycles. The minimum atomic E-state index is -0.542. The van der Waals surface area contributed by atoms with Crippen molar-refractivity contribution in [3.8, 4) is 0 Å². The third-order valence-electron chi connectivity index (χ3n) is 7.62. The number of aliphatic hydroxyl groups is 1. The van der Waals surface area contributed by atoms with Crippen LogP contribution in [0.1, 0.15) is 59.3 Å². The topological polar surface area (TPSA) is 63.6 Å². The number of carbonyl (C=O) groups is 2. The van der Waals surface area contributed by atoms with Gasteiger partial charge in [0.25, 0.3) is 0 Å². The van der Waals surface area contributed by atoms with Gasteiger partial charge in [-0.25, -0.2) is 0 Å². The first-order valence-corrected chi connectivity index (χ1v) is 9.60. The summed E-state index contributed by atoms with van der Waals surface area (Å²) in [4.78, 5) is 24.9. The molecule has 0 aromatic carbocycles. The van der Waals surface area contributed by atoms with Crippen molar-refractivity contribution in [2.24, 2.45) is 22.7 Å². The maximum atomic E-state index is 12.8. The van der Waals surface area contributed by atoms with Gasteiger partial charge in [0.2, 0.25) is 11.6 Å². The number of allylic oxidation sites excluding steroid dienone is 3. The highest BCUT2D eigenvalue weighted by Gasteiger charge is 2.54. The lowest BCUT2D eigenvalue weighted by Crippen LogP contribution is -2.50. The zero-order valence-corrected chi connectivity index (χ0v) is 16.4. The number of rotatable bonds is 3. The van der Waals surface area contributed by atoms with Crippen LogP contribution in [-0.4, -0.2) is 23.8 Å². The summed E-state index contributed by atoms with van der Waals surface area (Å²) >= 11 is 0. The number of Topliss-reactive ketones (excluding diaryl/α,β-unsaturated/α-hetero) is 1. The van der Waals surface area contributed by atoms with E-state index >= 15 is 0 Å². The summed E-state index contributed by atoms with van der Waals surface area (Å²) < 4.78 is 5.08. The number of hydrogen-bond donors (Lipinski definition) is 1. The van der Waals surface area contributed by atoms with E-state index in [1.807, 2.05) is 0 Å². The van der Waals surface area contributed by atoms with Gasteiger partial charge in [-0.05, 0) is 61.2 Å². The van der Waals surface area contributed by atoms with Gasteiger partial charge in [-0.15, -0.1) is 0 Å². The van der Waals surface area contributed by atoms with Crippen molar-refractivity contribution in [1.82, 2.24) is 0 Å². The van der Waals surface area contributed by atoms with E-state index < -0.39 is 11.5 Å². The number of carbonyl (C=O) groups excluding carboxylic acids is 2. The summed E-state index contributed by atoms with van der Waals surface area (Å²) in [5.74, 6) is -0.511. The highest BCUT2D eigenvalue weighted by molar-refractivity contribution is 6.20. The van der Waals surface area contributed by atoms with E-state index in [2.05, 4.69) is 27.4 Å². The molecule has 0 heterocycles. The molecule has 0 saturated heterocycles. The highest BCUT2D eigenvalue weighted by atomic mass is 16.5. The molecule has 0 radical (unpaired) electrons. The van der Waals surface area contributed by atoms with Gasteiger partial charge < -0.3 is 9.84 Å². The second-order valence-corrected chi connectivity index (χ2v) is 8.82. The Morgan fingerprint density at radius 2 is 2.00 bits per heavy atom. The predicted molar refractivity (Wildman–Crippen MR) is 100 cm³/mol. The molecular formula is C22H30O4. The van der Waals surface area contributed by atoms with Crippen LogP contribution in [0.25, 0.3) is 0 Å². The molecule has 4 heteroatoms. The van der Waals surface area contributed by atoms with Gasteiger partial charge >= 0.3 is 0 Å². The molecular weight excluding hydrogens is 328 g/mol. The van der Waals surface area contributed by atoms with Gasteiger partial charge in [0.15, 0.2) is 11.5 Å². The summed E-state index contributed by atoms with van der Waals surface area (Å²) in [6.07, 6.45) is 6.95. The first kappa shape index (κ1) is 18.9. The second kappa shape index (κ2) is 6.40. The smallest absolute Gasteiger partial charge is 0.227 e. The van der Waals surface area contributed by atoms with Gasteiger partial charge in [-0.2, -0.15) is 0 Å². The van der Waals surface area contributed by atoms with E-state index in [1.165, 1.54) is 12.7 Å². The van der Waals surface area contributed by atoms with Gasteiger partial charge in [-0.3, -0.25) is 9.59 Å². The van der Waals surface area contributed by atoms with Gasteiger partial charge in [-0.1, -0.05) is 32.9 Å². The predicted octanol–water partition coefficient (Wildman–Crippen LogP) is 4.67. The van der Waals surface area contributed by atoms with Crippen molar-refractivity contribution in [3.63, 3.8) is 0 Å². The monoisotopic (exact) mass is 358 g/mol. The number of ketones is 2. The number of fused-ring (bicyclic) bond motifs is 1. The molecule has 1 unspecified atom stereocenters. The van der Waals surface area contributed by atoms with E-state index in [0.717, 1.165) is 38.2 Å². The number of methoxy groups -OCH3 is 1. The molecule has 142 valence electrons.